The number of likely N-dealkylation sites (tertiary alicyclic amines) is 1. The highest BCUT2D eigenvalue weighted by molar-refractivity contribution is 5.77. The molecule has 0 spiro atoms. The Hall–Kier alpha value is -0.570. The predicted molar refractivity (Wildman–Crippen MR) is 69.9 cm³/mol. The molecule has 0 aromatic carbocycles. The van der Waals surface area contributed by atoms with Gasteiger partial charge < -0.3 is 10.2 Å². The highest BCUT2D eigenvalue weighted by Crippen LogP contribution is 2.22. The summed E-state index contributed by atoms with van der Waals surface area (Å²) in [6.07, 6.45) is 8.20. The molecule has 2 unspecified atom stereocenters. The largest absolute Gasteiger partial charge is 0.342 e. The number of hydrogen-bond acceptors (Lipinski definition) is 2. The summed E-state index contributed by atoms with van der Waals surface area (Å²) in [5, 5.41) is 3.46. The van der Waals surface area contributed by atoms with E-state index in [1.807, 2.05) is 0 Å². The number of carbonyl (C=O) groups excluding carboxylic acids is 1. The van der Waals surface area contributed by atoms with Crippen LogP contribution in [0.15, 0.2) is 0 Å². The van der Waals surface area contributed by atoms with Gasteiger partial charge in [-0.15, -0.1) is 0 Å². The maximum atomic E-state index is 12.1. The Morgan fingerprint density at radius 3 is 2.94 bits per heavy atom. The zero-order valence-corrected chi connectivity index (χ0v) is 11.1. The monoisotopic (exact) mass is 238 g/mol. The molecule has 1 amide bonds. The number of nitrogens with zero attached hydrogens (tertiary/aromatic N) is 1. The molecular weight excluding hydrogens is 212 g/mol. The number of amides is 1. The van der Waals surface area contributed by atoms with Crippen LogP contribution in [0, 0.1) is 5.92 Å². The average Bonchev–Trinajstić information content (AvgIpc) is 2.79. The van der Waals surface area contributed by atoms with Crippen molar-refractivity contribution in [1.29, 1.82) is 0 Å². The standard InChI is InChI=1S/C14H26N2O/c1-2-5-12-7-9-16(11-12)14(17)10-13-6-3-4-8-15-13/h12-13,15H,2-11H2,1H3. The molecule has 0 bridgehead atoms. The van der Waals surface area contributed by atoms with Gasteiger partial charge in [0.25, 0.3) is 0 Å². The first-order valence-electron chi connectivity index (χ1n) is 7.30. The predicted octanol–water partition coefficient (Wildman–Crippen LogP) is 2.17. The minimum absolute atomic E-state index is 0.378. The maximum Gasteiger partial charge on any atom is 0.224 e. The van der Waals surface area contributed by atoms with Crippen molar-refractivity contribution in [3.63, 3.8) is 0 Å². The van der Waals surface area contributed by atoms with E-state index >= 15 is 0 Å². The lowest BCUT2D eigenvalue weighted by molar-refractivity contribution is -0.130. The second-order valence-electron chi connectivity index (χ2n) is 5.63. The van der Waals surface area contributed by atoms with Crippen molar-refractivity contribution >= 4 is 5.91 Å². The van der Waals surface area contributed by atoms with Crippen molar-refractivity contribution in [2.24, 2.45) is 5.92 Å². The SMILES string of the molecule is CCCC1CCN(C(=O)CC2CCCCN2)C1. The number of nitrogens with one attached hydrogen (secondary N) is 1. The van der Waals surface area contributed by atoms with Crippen LogP contribution >= 0.6 is 0 Å². The van der Waals surface area contributed by atoms with Crippen LogP contribution in [0.1, 0.15) is 51.9 Å². The molecule has 3 nitrogen and oxygen atoms in total. The van der Waals surface area contributed by atoms with Gasteiger partial charge in [0.2, 0.25) is 5.91 Å². The van der Waals surface area contributed by atoms with Crippen molar-refractivity contribution < 1.29 is 4.79 Å². The first-order valence-corrected chi connectivity index (χ1v) is 7.30. The number of hydrogen-bond donors (Lipinski definition) is 1. The highest BCUT2D eigenvalue weighted by Gasteiger charge is 2.27. The Morgan fingerprint density at radius 1 is 1.35 bits per heavy atom. The van der Waals surface area contributed by atoms with Crippen LogP contribution in [0.4, 0.5) is 0 Å². The molecule has 2 aliphatic rings. The summed E-state index contributed by atoms with van der Waals surface area (Å²) < 4.78 is 0. The quantitative estimate of drug-likeness (QED) is 0.814. The third-order valence-electron chi connectivity index (χ3n) is 4.17. The van der Waals surface area contributed by atoms with Crippen molar-refractivity contribution in [2.45, 2.75) is 57.9 Å². The summed E-state index contributed by atoms with van der Waals surface area (Å²) in [6.45, 7) is 5.34. The Bertz CT molecular complexity index is 249. The molecule has 98 valence electrons. The molecule has 2 saturated heterocycles. The van der Waals surface area contributed by atoms with Crippen LogP contribution in [0.5, 0.6) is 0 Å². The fourth-order valence-corrected chi connectivity index (χ4v) is 3.14. The average molecular weight is 238 g/mol. The molecule has 3 heteroatoms. The Morgan fingerprint density at radius 2 is 2.24 bits per heavy atom. The van der Waals surface area contributed by atoms with E-state index in [0.717, 1.165) is 32.0 Å². The van der Waals surface area contributed by atoms with Crippen molar-refractivity contribution in [3.8, 4) is 0 Å². The summed E-state index contributed by atoms with van der Waals surface area (Å²) >= 11 is 0. The van der Waals surface area contributed by atoms with Crippen LogP contribution in [-0.2, 0) is 4.79 Å². The fourth-order valence-electron chi connectivity index (χ4n) is 3.14. The number of carbonyl (C=O) groups is 1. The smallest absolute Gasteiger partial charge is 0.224 e. The molecule has 2 aliphatic heterocycles. The van der Waals surface area contributed by atoms with E-state index in [-0.39, 0.29) is 0 Å². The van der Waals surface area contributed by atoms with Crippen molar-refractivity contribution in [2.75, 3.05) is 19.6 Å². The van der Waals surface area contributed by atoms with Crippen LogP contribution in [0.2, 0.25) is 0 Å². The Kier molecular flexibility index (Phi) is 4.84. The van der Waals surface area contributed by atoms with Gasteiger partial charge in [0.1, 0.15) is 0 Å². The van der Waals surface area contributed by atoms with Gasteiger partial charge in [-0.05, 0) is 38.1 Å². The van der Waals surface area contributed by atoms with Crippen LogP contribution in [-0.4, -0.2) is 36.5 Å². The zero-order valence-electron chi connectivity index (χ0n) is 11.1. The molecule has 0 aromatic rings. The maximum absolute atomic E-state index is 12.1. The van der Waals surface area contributed by atoms with Crippen molar-refractivity contribution in [3.05, 3.63) is 0 Å². The van der Waals surface area contributed by atoms with Gasteiger partial charge in [0, 0.05) is 25.6 Å². The van der Waals surface area contributed by atoms with E-state index < -0.39 is 0 Å². The molecule has 0 saturated carbocycles. The molecule has 2 heterocycles. The summed E-state index contributed by atoms with van der Waals surface area (Å²) in [6, 6.07) is 0.446. The molecule has 2 fully saturated rings. The molecular formula is C14H26N2O. The fraction of sp³-hybridized carbons (Fsp3) is 0.929. The number of piperidine rings is 1. The van der Waals surface area contributed by atoms with E-state index in [0.29, 0.717) is 11.9 Å². The molecule has 0 radical (unpaired) electrons. The summed E-state index contributed by atoms with van der Waals surface area (Å²) in [5.41, 5.74) is 0. The minimum Gasteiger partial charge on any atom is -0.342 e. The summed E-state index contributed by atoms with van der Waals surface area (Å²) in [5.74, 6) is 1.14. The third kappa shape index (κ3) is 3.70. The first kappa shape index (κ1) is 12.9. The molecule has 1 N–H and O–H groups in total. The third-order valence-corrected chi connectivity index (χ3v) is 4.17. The van der Waals surface area contributed by atoms with Crippen LogP contribution < -0.4 is 5.32 Å². The lowest BCUT2D eigenvalue weighted by atomic mass is 10.0. The molecule has 0 aromatic heterocycles. The molecule has 17 heavy (non-hydrogen) atoms. The summed E-state index contributed by atoms with van der Waals surface area (Å²) in [4.78, 5) is 14.2. The van der Waals surface area contributed by atoms with Gasteiger partial charge in [-0.2, -0.15) is 0 Å². The Balaban J connectivity index is 1.72. The summed E-state index contributed by atoms with van der Waals surface area (Å²) in [7, 11) is 0. The lowest BCUT2D eigenvalue weighted by Gasteiger charge is -2.25. The Labute approximate surface area is 105 Å². The van der Waals surface area contributed by atoms with E-state index in [1.165, 1.54) is 38.5 Å². The van der Waals surface area contributed by atoms with Gasteiger partial charge in [-0.25, -0.2) is 0 Å². The normalized spacial score (nSPS) is 29.6. The number of rotatable bonds is 4. The first-order chi connectivity index (χ1) is 8.29. The van der Waals surface area contributed by atoms with Crippen LogP contribution in [0.3, 0.4) is 0 Å². The topological polar surface area (TPSA) is 32.3 Å². The van der Waals surface area contributed by atoms with E-state index in [2.05, 4.69) is 17.1 Å². The van der Waals surface area contributed by atoms with E-state index in [4.69, 9.17) is 0 Å². The molecule has 2 rings (SSSR count). The second-order valence-corrected chi connectivity index (χ2v) is 5.63. The second kappa shape index (κ2) is 6.39. The minimum atomic E-state index is 0.378. The van der Waals surface area contributed by atoms with E-state index in [1.54, 1.807) is 0 Å². The van der Waals surface area contributed by atoms with Gasteiger partial charge in [-0.1, -0.05) is 19.8 Å². The van der Waals surface area contributed by atoms with Crippen LogP contribution in [0.25, 0.3) is 0 Å². The van der Waals surface area contributed by atoms with Crippen molar-refractivity contribution in [1.82, 2.24) is 10.2 Å². The highest BCUT2D eigenvalue weighted by atomic mass is 16.2. The van der Waals surface area contributed by atoms with Gasteiger partial charge in [0.05, 0.1) is 0 Å². The zero-order chi connectivity index (χ0) is 12.1. The van der Waals surface area contributed by atoms with Gasteiger partial charge in [-0.3, -0.25) is 4.79 Å². The van der Waals surface area contributed by atoms with E-state index in [9.17, 15) is 4.79 Å². The van der Waals surface area contributed by atoms with Gasteiger partial charge in [0.15, 0.2) is 0 Å². The van der Waals surface area contributed by atoms with Gasteiger partial charge >= 0.3 is 0 Å². The lowest BCUT2D eigenvalue weighted by Crippen LogP contribution is -2.39. The molecule has 2 atom stereocenters. The molecule has 0 aliphatic carbocycles.